The number of thioether (sulfide) groups is 1. The molecule has 1 N–H and O–H groups in total. The highest BCUT2D eigenvalue weighted by molar-refractivity contribution is 7.99. The van der Waals surface area contributed by atoms with Crippen LogP contribution in [0.2, 0.25) is 0 Å². The summed E-state index contributed by atoms with van der Waals surface area (Å²) in [4.78, 5) is 0. The van der Waals surface area contributed by atoms with Crippen LogP contribution in [0.25, 0.3) is 0 Å². The number of nitrogens with one attached hydrogen (secondary N) is 1. The highest BCUT2D eigenvalue weighted by Crippen LogP contribution is 2.38. The minimum atomic E-state index is 0.239. The average Bonchev–Trinajstić information content (AvgIpc) is 2.91. The lowest BCUT2D eigenvalue weighted by molar-refractivity contribution is -0.0717. The zero-order chi connectivity index (χ0) is 11.7. The van der Waals surface area contributed by atoms with Crippen molar-refractivity contribution >= 4 is 11.8 Å². The molecule has 2 heterocycles. The summed E-state index contributed by atoms with van der Waals surface area (Å²) in [5.41, 5.74) is 0.239. The van der Waals surface area contributed by atoms with Crippen LogP contribution in [0.5, 0.6) is 0 Å². The topological polar surface area (TPSA) is 21.3 Å². The standard InChI is InChI=1S/C14H25NOS/c1-11-3-2-4-13(11)15-12-5-7-16-14(9-12)6-8-17-10-14/h11-13,15H,2-10H2,1H3. The molecule has 0 aromatic rings. The average molecular weight is 255 g/mol. The minimum absolute atomic E-state index is 0.239. The van der Waals surface area contributed by atoms with Crippen LogP contribution in [0.15, 0.2) is 0 Å². The zero-order valence-corrected chi connectivity index (χ0v) is 11.7. The molecule has 2 nitrogen and oxygen atoms in total. The van der Waals surface area contributed by atoms with Gasteiger partial charge in [0.05, 0.1) is 5.60 Å². The Kier molecular flexibility index (Phi) is 3.69. The lowest BCUT2D eigenvalue weighted by Gasteiger charge is -2.39. The van der Waals surface area contributed by atoms with Crippen molar-refractivity contribution in [3.63, 3.8) is 0 Å². The van der Waals surface area contributed by atoms with Gasteiger partial charge in [0.25, 0.3) is 0 Å². The molecule has 2 aliphatic heterocycles. The summed E-state index contributed by atoms with van der Waals surface area (Å²) < 4.78 is 6.09. The highest BCUT2D eigenvalue weighted by atomic mass is 32.2. The van der Waals surface area contributed by atoms with Crippen molar-refractivity contribution in [3.8, 4) is 0 Å². The summed E-state index contributed by atoms with van der Waals surface area (Å²) in [6.07, 6.45) is 7.97. The summed E-state index contributed by atoms with van der Waals surface area (Å²) in [5.74, 6) is 3.41. The molecule has 17 heavy (non-hydrogen) atoms. The molecule has 3 fully saturated rings. The Hall–Kier alpha value is 0.270. The van der Waals surface area contributed by atoms with Crippen LogP contribution in [0.3, 0.4) is 0 Å². The molecule has 3 aliphatic rings. The number of ether oxygens (including phenoxy) is 1. The first-order chi connectivity index (χ1) is 8.27. The summed E-state index contributed by atoms with van der Waals surface area (Å²) in [5, 5.41) is 3.93. The first-order valence-corrected chi connectivity index (χ1v) is 8.41. The molecule has 4 atom stereocenters. The fourth-order valence-electron chi connectivity index (χ4n) is 3.73. The van der Waals surface area contributed by atoms with Gasteiger partial charge in [0, 0.05) is 24.4 Å². The molecule has 2 saturated heterocycles. The fourth-order valence-corrected chi connectivity index (χ4v) is 5.11. The van der Waals surface area contributed by atoms with Gasteiger partial charge in [0.2, 0.25) is 0 Å². The summed E-state index contributed by atoms with van der Waals surface area (Å²) in [6, 6.07) is 1.50. The van der Waals surface area contributed by atoms with Crippen LogP contribution >= 0.6 is 11.8 Å². The third-order valence-corrected chi connectivity index (χ3v) is 6.09. The van der Waals surface area contributed by atoms with E-state index in [0.29, 0.717) is 6.04 Å². The highest BCUT2D eigenvalue weighted by Gasteiger charge is 2.41. The van der Waals surface area contributed by atoms with Crippen LogP contribution in [-0.4, -0.2) is 35.8 Å². The van der Waals surface area contributed by atoms with E-state index in [1.165, 1.54) is 50.0 Å². The largest absolute Gasteiger partial charge is 0.374 e. The van der Waals surface area contributed by atoms with Gasteiger partial charge in [-0.05, 0) is 43.8 Å². The van der Waals surface area contributed by atoms with Crippen molar-refractivity contribution < 1.29 is 4.74 Å². The van der Waals surface area contributed by atoms with E-state index < -0.39 is 0 Å². The van der Waals surface area contributed by atoms with Gasteiger partial charge in [-0.3, -0.25) is 0 Å². The van der Waals surface area contributed by atoms with E-state index >= 15 is 0 Å². The Labute approximate surface area is 109 Å². The van der Waals surface area contributed by atoms with E-state index in [9.17, 15) is 0 Å². The first-order valence-electron chi connectivity index (χ1n) is 7.25. The fraction of sp³-hybridized carbons (Fsp3) is 1.00. The van der Waals surface area contributed by atoms with Crippen LogP contribution in [0, 0.1) is 5.92 Å². The predicted molar refractivity (Wildman–Crippen MR) is 73.6 cm³/mol. The third-order valence-electron chi connectivity index (χ3n) is 4.87. The van der Waals surface area contributed by atoms with Gasteiger partial charge in [-0.15, -0.1) is 0 Å². The van der Waals surface area contributed by atoms with Crippen molar-refractivity contribution in [1.82, 2.24) is 5.32 Å². The van der Waals surface area contributed by atoms with E-state index in [-0.39, 0.29) is 5.60 Å². The van der Waals surface area contributed by atoms with Gasteiger partial charge in [-0.2, -0.15) is 11.8 Å². The van der Waals surface area contributed by atoms with Gasteiger partial charge < -0.3 is 10.1 Å². The predicted octanol–water partition coefficient (Wildman–Crippen LogP) is 2.82. The molecule has 0 aromatic heterocycles. The van der Waals surface area contributed by atoms with Crippen molar-refractivity contribution in [2.45, 2.75) is 63.1 Å². The Balaban J connectivity index is 1.56. The molecule has 1 saturated carbocycles. The second-order valence-corrected chi connectivity index (χ2v) is 7.31. The molecular weight excluding hydrogens is 230 g/mol. The van der Waals surface area contributed by atoms with E-state index in [0.717, 1.165) is 18.6 Å². The lowest BCUT2D eigenvalue weighted by Crippen LogP contribution is -2.50. The molecule has 3 rings (SSSR count). The summed E-state index contributed by atoms with van der Waals surface area (Å²) in [7, 11) is 0. The second kappa shape index (κ2) is 5.10. The van der Waals surface area contributed by atoms with Gasteiger partial charge in [-0.25, -0.2) is 0 Å². The molecule has 4 unspecified atom stereocenters. The van der Waals surface area contributed by atoms with Crippen molar-refractivity contribution in [1.29, 1.82) is 0 Å². The van der Waals surface area contributed by atoms with E-state index in [1.54, 1.807) is 0 Å². The van der Waals surface area contributed by atoms with Gasteiger partial charge >= 0.3 is 0 Å². The Morgan fingerprint density at radius 1 is 1.29 bits per heavy atom. The van der Waals surface area contributed by atoms with Crippen LogP contribution in [-0.2, 0) is 4.74 Å². The maximum Gasteiger partial charge on any atom is 0.0795 e. The van der Waals surface area contributed by atoms with Crippen LogP contribution in [0.4, 0.5) is 0 Å². The number of rotatable bonds is 2. The smallest absolute Gasteiger partial charge is 0.0795 e. The Morgan fingerprint density at radius 3 is 2.94 bits per heavy atom. The maximum atomic E-state index is 6.09. The minimum Gasteiger partial charge on any atom is -0.374 e. The Bertz CT molecular complexity index is 265. The normalized spacial score (nSPS) is 46.8. The van der Waals surface area contributed by atoms with E-state index in [4.69, 9.17) is 4.74 Å². The third kappa shape index (κ3) is 2.66. The van der Waals surface area contributed by atoms with E-state index in [1.807, 2.05) is 0 Å². The van der Waals surface area contributed by atoms with Gasteiger partial charge in [-0.1, -0.05) is 13.3 Å². The quantitative estimate of drug-likeness (QED) is 0.820. The molecule has 0 radical (unpaired) electrons. The van der Waals surface area contributed by atoms with Gasteiger partial charge in [0.15, 0.2) is 0 Å². The van der Waals surface area contributed by atoms with Gasteiger partial charge in [0.1, 0.15) is 0 Å². The number of hydrogen-bond donors (Lipinski definition) is 1. The molecule has 1 spiro atoms. The molecular formula is C14H25NOS. The van der Waals surface area contributed by atoms with Crippen molar-refractivity contribution in [2.75, 3.05) is 18.1 Å². The molecule has 0 bridgehead atoms. The molecule has 3 heteroatoms. The molecule has 1 aliphatic carbocycles. The number of hydrogen-bond acceptors (Lipinski definition) is 3. The second-order valence-electron chi connectivity index (χ2n) is 6.21. The monoisotopic (exact) mass is 255 g/mol. The SMILES string of the molecule is CC1CCCC1NC1CCOC2(CCSC2)C1. The van der Waals surface area contributed by atoms with E-state index in [2.05, 4.69) is 24.0 Å². The summed E-state index contributed by atoms with van der Waals surface area (Å²) in [6.45, 7) is 3.38. The molecule has 0 amide bonds. The van der Waals surface area contributed by atoms with Crippen molar-refractivity contribution in [3.05, 3.63) is 0 Å². The first kappa shape index (κ1) is 12.3. The molecule has 98 valence electrons. The lowest BCUT2D eigenvalue weighted by atomic mass is 9.89. The molecule has 0 aromatic carbocycles. The zero-order valence-electron chi connectivity index (χ0n) is 10.9. The maximum absolute atomic E-state index is 6.09. The van der Waals surface area contributed by atoms with Crippen LogP contribution in [0.1, 0.15) is 45.4 Å². The van der Waals surface area contributed by atoms with Crippen LogP contribution < -0.4 is 5.32 Å². The Morgan fingerprint density at radius 2 is 2.24 bits per heavy atom. The summed E-state index contributed by atoms with van der Waals surface area (Å²) >= 11 is 2.07. The van der Waals surface area contributed by atoms with Crippen molar-refractivity contribution in [2.24, 2.45) is 5.92 Å².